The molecular formula is C21H40O5. The summed E-state index contributed by atoms with van der Waals surface area (Å²) in [5.41, 5.74) is 0. The number of aliphatic carboxylic acids is 1. The van der Waals surface area contributed by atoms with Crippen LogP contribution in [0.25, 0.3) is 0 Å². The average Bonchev–Trinajstić information content (AvgIpc) is 2.65. The molecule has 0 amide bonds. The first kappa shape index (κ1) is 26.9. The molecule has 26 heavy (non-hydrogen) atoms. The van der Waals surface area contributed by atoms with E-state index in [-0.39, 0.29) is 6.42 Å². The molecule has 0 rings (SSSR count). The van der Waals surface area contributed by atoms with Crippen LogP contribution in [-0.4, -0.2) is 22.3 Å². The molecule has 0 aliphatic carbocycles. The lowest BCUT2D eigenvalue weighted by Gasteiger charge is -1.99. The predicted octanol–water partition coefficient (Wildman–Crippen LogP) is 6.52. The highest BCUT2D eigenvalue weighted by Gasteiger charge is 2.00. The van der Waals surface area contributed by atoms with Gasteiger partial charge in [0.1, 0.15) is 0 Å². The normalized spacial score (nSPS) is 10.4. The number of hydrogen-bond donors (Lipinski definition) is 2. The Kier molecular flexibility index (Phi) is 24.4. The van der Waals surface area contributed by atoms with Gasteiger partial charge in [-0.3, -0.25) is 4.79 Å². The summed E-state index contributed by atoms with van der Waals surface area (Å²) in [5, 5.41) is 15.8. The molecule has 0 spiro atoms. The van der Waals surface area contributed by atoms with Crippen LogP contribution in [0.2, 0.25) is 0 Å². The molecule has 0 radical (unpaired) electrons. The van der Waals surface area contributed by atoms with E-state index in [1.165, 1.54) is 64.2 Å². The van der Waals surface area contributed by atoms with Crippen molar-refractivity contribution in [2.75, 3.05) is 0 Å². The van der Waals surface area contributed by atoms with E-state index in [0.29, 0.717) is 6.42 Å². The van der Waals surface area contributed by atoms with Crippen LogP contribution in [0.5, 0.6) is 0 Å². The maximum absolute atomic E-state index is 10.7. The lowest BCUT2D eigenvalue weighted by molar-refractivity contribution is -0.234. The van der Waals surface area contributed by atoms with E-state index in [0.717, 1.165) is 19.3 Å². The van der Waals surface area contributed by atoms with Crippen molar-refractivity contribution in [2.45, 2.75) is 110 Å². The molecule has 0 saturated heterocycles. The van der Waals surface area contributed by atoms with Crippen LogP contribution >= 0.6 is 0 Å². The molecule has 0 heterocycles. The standard InChI is InChI=1S/C18H34O3.C3H6O2/c1-2-3-4-5-6-7-8-9-10-11-12-13-14-15-16-17-18(19)21-20;1-2-3(4)5/h9-10,20H,2-8,11-17H2,1H3;2H2,1H3,(H,4,5)/b10-9-;. The van der Waals surface area contributed by atoms with E-state index in [2.05, 4.69) is 24.0 Å². The van der Waals surface area contributed by atoms with Gasteiger partial charge in [0.05, 0.1) is 0 Å². The molecule has 0 aliphatic rings. The third kappa shape index (κ3) is 27.5. The maximum atomic E-state index is 10.7. The van der Waals surface area contributed by atoms with Gasteiger partial charge in [-0.1, -0.05) is 77.4 Å². The van der Waals surface area contributed by atoms with Gasteiger partial charge in [0.15, 0.2) is 0 Å². The second kappa shape index (κ2) is 23.6. The lowest BCUT2D eigenvalue weighted by Crippen LogP contribution is -1.99. The largest absolute Gasteiger partial charge is 0.481 e. The molecule has 0 unspecified atom stereocenters. The Labute approximate surface area is 159 Å². The van der Waals surface area contributed by atoms with Crippen LogP contribution in [0.15, 0.2) is 12.2 Å². The summed E-state index contributed by atoms with van der Waals surface area (Å²) in [4.78, 5) is 23.7. The molecule has 0 aromatic rings. The van der Waals surface area contributed by atoms with Crippen molar-refractivity contribution >= 4 is 11.9 Å². The SMILES string of the molecule is CCC(=O)O.CCCCCCCC/C=C\CCCCCCCC(=O)OO. The van der Waals surface area contributed by atoms with Crippen molar-refractivity contribution < 1.29 is 24.8 Å². The number of unbranched alkanes of at least 4 members (excludes halogenated alkanes) is 11. The molecule has 0 aliphatic heterocycles. The molecular weight excluding hydrogens is 332 g/mol. The Morgan fingerprint density at radius 2 is 1.19 bits per heavy atom. The smallest absolute Gasteiger partial charge is 0.342 e. The van der Waals surface area contributed by atoms with E-state index < -0.39 is 11.9 Å². The molecule has 5 heteroatoms. The van der Waals surface area contributed by atoms with Gasteiger partial charge in [-0.2, -0.15) is 5.26 Å². The first-order valence-electron chi connectivity index (χ1n) is 10.3. The van der Waals surface area contributed by atoms with Crippen molar-refractivity contribution in [3.05, 3.63) is 12.2 Å². The highest BCUT2D eigenvalue weighted by Crippen LogP contribution is 2.10. The van der Waals surface area contributed by atoms with Gasteiger partial charge in [0.25, 0.3) is 0 Å². The average molecular weight is 373 g/mol. The van der Waals surface area contributed by atoms with Crippen LogP contribution in [0.4, 0.5) is 0 Å². The fraction of sp³-hybridized carbons (Fsp3) is 0.810. The van der Waals surface area contributed by atoms with Crippen molar-refractivity contribution in [1.29, 1.82) is 0 Å². The van der Waals surface area contributed by atoms with Gasteiger partial charge in [-0.05, 0) is 32.1 Å². The summed E-state index contributed by atoms with van der Waals surface area (Å²) in [5.74, 6) is -1.27. The highest BCUT2D eigenvalue weighted by atomic mass is 17.1. The summed E-state index contributed by atoms with van der Waals surface area (Å²) in [7, 11) is 0. The molecule has 5 nitrogen and oxygen atoms in total. The zero-order valence-electron chi connectivity index (χ0n) is 16.9. The fourth-order valence-corrected chi connectivity index (χ4v) is 2.39. The molecule has 0 fully saturated rings. The fourth-order valence-electron chi connectivity index (χ4n) is 2.39. The molecule has 0 aromatic carbocycles. The summed E-state index contributed by atoms with van der Waals surface area (Å²) in [6, 6.07) is 0. The van der Waals surface area contributed by atoms with Gasteiger partial charge in [0.2, 0.25) is 0 Å². The Morgan fingerprint density at radius 3 is 1.62 bits per heavy atom. The first-order valence-corrected chi connectivity index (χ1v) is 10.3. The van der Waals surface area contributed by atoms with E-state index >= 15 is 0 Å². The zero-order chi connectivity index (χ0) is 19.9. The minimum Gasteiger partial charge on any atom is -0.481 e. The van der Waals surface area contributed by atoms with E-state index in [4.69, 9.17) is 10.4 Å². The van der Waals surface area contributed by atoms with Gasteiger partial charge >= 0.3 is 11.9 Å². The molecule has 0 bridgehead atoms. The molecule has 0 aromatic heterocycles. The van der Waals surface area contributed by atoms with E-state index in [1.54, 1.807) is 6.92 Å². The maximum Gasteiger partial charge on any atom is 0.342 e. The van der Waals surface area contributed by atoms with Gasteiger partial charge in [-0.15, -0.1) is 0 Å². The van der Waals surface area contributed by atoms with Gasteiger partial charge in [0, 0.05) is 12.8 Å². The van der Waals surface area contributed by atoms with Crippen LogP contribution in [0.1, 0.15) is 110 Å². The number of hydrogen-bond acceptors (Lipinski definition) is 4. The van der Waals surface area contributed by atoms with Crippen molar-refractivity contribution in [3.63, 3.8) is 0 Å². The number of allylic oxidation sites excluding steroid dienone is 2. The third-order valence-electron chi connectivity index (χ3n) is 4.05. The second-order valence-corrected chi connectivity index (χ2v) is 6.54. The van der Waals surface area contributed by atoms with Crippen molar-refractivity contribution in [1.82, 2.24) is 0 Å². The topological polar surface area (TPSA) is 83.8 Å². The predicted molar refractivity (Wildman–Crippen MR) is 106 cm³/mol. The third-order valence-corrected chi connectivity index (χ3v) is 4.05. The Hall–Kier alpha value is -1.36. The highest BCUT2D eigenvalue weighted by molar-refractivity contribution is 5.68. The Balaban J connectivity index is 0. The van der Waals surface area contributed by atoms with Crippen LogP contribution < -0.4 is 0 Å². The number of carboxylic acids is 1. The number of rotatable bonds is 16. The summed E-state index contributed by atoms with van der Waals surface area (Å²) in [6.07, 6.45) is 21.3. The van der Waals surface area contributed by atoms with Crippen molar-refractivity contribution in [2.24, 2.45) is 0 Å². The zero-order valence-corrected chi connectivity index (χ0v) is 16.9. The van der Waals surface area contributed by atoms with Crippen LogP contribution in [0, 0.1) is 0 Å². The Morgan fingerprint density at radius 1 is 0.769 bits per heavy atom. The number of carboxylic acid groups (broad SMARTS) is 1. The monoisotopic (exact) mass is 372 g/mol. The quantitative estimate of drug-likeness (QED) is 0.139. The minimum atomic E-state index is -0.745. The molecule has 0 atom stereocenters. The number of carbonyl (C=O) groups excluding carboxylic acids is 1. The van der Waals surface area contributed by atoms with Crippen LogP contribution in [-0.2, 0) is 14.5 Å². The molecule has 2 N–H and O–H groups in total. The minimum absolute atomic E-state index is 0.222. The van der Waals surface area contributed by atoms with E-state index in [9.17, 15) is 9.59 Å². The Bertz CT molecular complexity index is 339. The number of carbonyl (C=O) groups is 2. The summed E-state index contributed by atoms with van der Waals surface area (Å²) >= 11 is 0. The van der Waals surface area contributed by atoms with Gasteiger partial charge in [-0.25, -0.2) is 4.79 Å². The second-order valence-electron chi connectivity index (χ2n) is 6.54. The van der Waals surface area contributed by atoms with E-state index in [1.807, 2.05) is 0 Å². The van der Waals surface area contributed by atoms with Gasteiger partial charge < -0.3 is 9.99 Å². The molecule has 154 valence electrons. The van der Waals surface area contributed by atoms with Crippen molar-refractivity contribution in [3.8, 4) is 0 Å². The van der Waals surface area contributed by atoms with Crippen LogP contribution in [0.3, 0.4) is 0 Å². The summed E-state index contributed by atoms with van der Waals surface area (Å²) in [6.45, 7) is 3.86. The summed E-state index contributed by atoms with van der Waals surface area (Å²) < 4.78 is 0. The molecule has 0 saturated carbocycles. The first-order chi connectivity index (χ1) is 12.6. The lowest BCUT2D eigenvalue weighted by atomic mass is 10.1.